The van der Waals surface area contributed by atoms with Crippen molar-refractivity contribution in [1.29, 1.82) is 0 Å². The highest BCUT2D eigenvalue weighted by molar-refractivity contribution is 6.20. The number of nitrogens with zero attached hydrogens (tertiary/aromatic N) is 6. The number of rotatable bonds is 5. The molecule has 0 aliphatic heterocycles. The summed E-state index contributed by atoms with van der Waals surface area (Å²) in [6.45, 7) is 0. The zero-order valence-corrected chi connectivity index (χ0v) is 29.0. The van der Waals surface area contributed by atoms with Crippen LogP contribution in [0.2, 0.25) is 0 Å². The summed E-state index contributed by atoms with van der Waals surface area (Å²) in [5.74, 6) is 1.84. The quantitative estimate of drug-likeness (QED) is 0.180. The third-order valence-corrected chi connectivity index (χ3v) is 10.4. The molecule has 7 aromatic carbocycles. The standard InChI is InChI=1S/C48H30N6/c1-4-14-31(15-5-1)45-50-46(32-16-6-2-7-17-32)52-48(51-45)54-41-23-13-12-22-38(41)39-28-33(24-26-42(39)54)34-25-27-43-40(29-34)44-37-21-11-10-18-35(37)30-49-47(44)53(43)36-19-8-3-9-20-36/h1-30H. The fourth-order valence-corrected chi connectivity index (χ4v) is 7.92. The highest BCUT2D eigenvalue weighted by Gasteiger charge is 2.20. The van der Waals surface area contributed by atoms with Crippen molar-refractivity contribution in [3.05, 3.63) is 182 Å². The lowest BCUT2D eigenvalue weighted by Gasteiger charge is -2.11. The summed E-state index contributed by atoms with van der Waals surface area (Å²) >= 11 is 0. The van der Waals surface area contributed by atoms with Crippen LogP contribution in [0.4, 0.5) is 0 Å². The van der Waals surface area contributed by atoms with E-state index in [-0.39, 0.29) is 0 Å². The predicted molar refractivity (Wildman–Crippen MR) is 220 cm³/mol. The second-order valence-corrected chi connectivity index (χ2v) is 13.5. The van der Waals surface area contributed by atoms with Crippen LogP contribution in [-0.4, -0.2) is 29.1 Å². The van der Waals surface area contributed by atoms with Crippen molar-refractivity contribution in [2.45, 2.75) is 0 Å². The molecule has 0 saturated heterocycles. The Bertz CT molecular complexity index is 3140. The molecular formula is C48H30N6. The molecule has 0 spiro atoms. The minimum absolute atomic E-state index is 0.580. The van der Waals surface area contributed by atoms with Crippen molar-refractivity contribution in [3.8, 4) is 45.5 Å². The van der Waals surface area contributed by atoms with E-state index in [1.54, 1.807) is 0 Å². The zero-order chi connectivity index (χ0) is 35.6. The molecule has 0 bridgehead atoms. The Morgan fingerprint density at radius 2 is 0.907 bits per heavy atom. The molecule has 252 valence electrons. The summed E-state index contributed by atoms with van der Waals surface area (Å²) in [7, 11) is 0. The molecule has 0 N–H and O–H groups in total. The van der Waals surface area contributed by atoms with Gasteiger partial charge < -0.3 is 0 Å². The molecule has 0 amide bonds. The monoisotopic (exact) mass is 690 g/mol. The largest absolute Gasteiger partial charge is 0.294 e. The van der Waals surface area contributed by atoms with Gasteiger partial charge in [0.25, 0.3) is 0 Å². The normalized spacial score (nSPS) is 11.7. The summed E-state index contributed by atoms with van der Waals surface area (Å²) in [5, 5.41) is 6.91. The van der Waals surface area contributed by atoms with Gasteiger partial charge in [0.05, 0.1) is 16.6 Å². The average molecular weight is 691 g/mol. The van der Waals surface area contributed by atoms with Crippen molar-refractivity contribution in [1.82, 2.24) is 29.1 Å². The molecule has 0 atom stereocenters. The molecule has 0 unspecified atom stereocenters. The Labute approximate surface area is 310 Å². The highest BCUT2D eigenvalue weighted by Crippen LogP contribution is 2.39. The first-order valence-corrected chi connectivity index (χ1v) is 18.1. The second-order valence-electron chi connectivity index (χ2n) is 13.5. The number of fused-ring (bicyclic) bond motifs is 8. The Morgan fingerprint density at radius 3 is 1.59 bits per heavy atom. The summed E-state index contributed by atoms with van der Waals surface area (Å²) < 4.78 is 4.45. The van der Waals surface area contributed by atoms with Crippen LogP contribution in [0.5, 0.6) is 0 Å². The van der Waals surface area contributed by atoms with Gasteiger partial charge in [-0.15, -0.1) is 0 Å². The maximum atomic E-state index is 5.10. The zero-order valence-electron chi connectivity index (χ0n) is 29.0. The molecule has 6 nitrogen and oxygen atoms in total. The van der Waals surface area contributed by atoms with Gasteiger partial charge in [0, 0.05) is 49.9 Å². The average Bonchev–Trinajstić information content (AvgIpc) is 3.77. The van der Waals surface area contributed by atoms with E-state index in [2.05, 4.69) is 124 Å². The lowest BCUT2D eigenvalue weighted by atomic mass is 9.99. The van der Waals surface area contributed by atoms with Gasteiger partial charge in [-0.1, -0.05) is 133 Å². The first kappa shape index (κ1) is 30.2. The smallest absolute Gasteiger partial charge is 0.238 e. The molecule has 0 aliphatic rings. The van der Waals surface area contributed by atoms with Gasteiger partial charge in [0.2, 0.25) is 5.95 Å². The van der Waals surface area contributed by atoms with E-state index >= 15 is 0 Å². The topological polar surface area (TPSA) is 61.4 Å². The molecule has 4 heterocycles. The van der Waals surface area contributed by atoms with Gasteiger partial charge in [-0.05, 0) is 59.0 Å². The van der Waals surface area contributed by atoms with Crippen LogP contribution in [0, 0.1) is 0 Å². The molecular weight excluding hydrogens is 661 g/mol. The minimum atomic E-state index is 0.580. The maximum Gasteiger partial charge on any atom is 0.238 e. The Balaban J connectivity index is 1.13. The van der Waals surface area contributed by atoms with Crippen molar-refractivity contribution in [2.24, 2.45) is 0 Å². The lowest BCUT2D eigenvalue weighted by Crippen LogP contribution is -2.06. The highest BCUT2D eigenvalue weighted by atomic mass is 15.2. The first-order valence-electron chi connectivity index (χ1n) is 18.1. The van der Waals surface area contributed by atoms with Gasteiger partial charge in [0.1, 0.15) is 5.65 Å². The fourth-order valence-electron chi connectivity index (χ4n) is 7.92. The lowest BCUT2D eigenvalue weighted by molar-refractivity contribution is 0.953. The van der Waals surface area contributed by atoms with E-state index in [1.165, 1.54) is 10.8 Å². The predicted octanol–water partition coefficient (Wildman–Crippen LogP) is 11.6. The molecule has 11 aromatic rings. The van der Waals surface area contributed by atoms with Crippen LogP contribution in [0.25, 0.3) is 100 Å². The number of hydrogen-bond acceptors (Lipinski definition) is 4. The van der Waals surface area contributed by atoms with E-state index in [1.807, 2.05) is 66.9 Å². The van der Waals surface area contributed by atoms with Crippen LogP contribution in [0.1, 0.15) is 0 Å². The Kier molecular flexibility index (Phi) is 6.75. The van der Waals surface area contributed by atoms with Crippen molar-refractivity contribution < 1.29 is 0 Å². The van der Waals surface area contributed by atoms with Crippen LogP contribution < -0.4 is 0 Å². The number of benzene rings is 7. The van der Waals surface area contributed by atoms with Crippen LogP contribution in [-0.2, 0) is 0 Å². The van der Waals surface area contributed by atoms with Gasteiger partial charge in [-0.3, -0.25) is 9.13 Å². The summed E-state index contributed by atoms with van der Waals surface area (Å²) in [5.41, 5.74) is 9.38. The van der Waals surface area contributed by atoms with Gasteiger partial charge in [0.15, 0.2) is 11.6 Å². The van der Waals surface area contributed by atoms with Gasteiger partial charge in [-0.25, -0.2) is 9.97 Å². The maximum absolute atomic E-state index is 5.10. The number of pyridine rings is 1. The van der Waals surface area contributed by atoms with Gasteiger partial charge in [-0.2, -0.15) is 9.97 Å². The Morgan fingerprint density at radius 1 is 0.370 bits per heavy atom. The molecule has 6 heteroatoms. The van der Waals surface area contributed by atoms with Crippen LogP contribution in [0.15, 0.2) is 182 Å². The third-order valence-electron chi connectivity index (χ3n) is 10.4. The molecule has 0 fully saturated rings. The van der Waals surface area contributed by atoms with E-state index in [0.717, 1.165) is 71.7 Å². The minimum Gasteiger partial charge on any atom is -0.294 e. The van der Waals surface area contributed by atoms with Crippen molar-refractivity contribution >= 4 is 54.5 Å². The molecule has 0 saturated carbocycles. The van der Waals surface area contributed by atoms with Crippen LogP contribution >= 0.6 is 0 Å². The van der Waals surface area contributed by atoms with E-state index in [9.17, 15) is 0 Å². The van der Waals surface area contributed by atoms with Gasteiger partial charge >= 0.3 is 0 Å². The van der Waals surface area contributed by atoms with Crippen LogP contribution in [0.3, 0.4) is 0 Å². The van der Waals surface area contributed by atoms with E-state index in [0.29, 0.717) is 17.6 Å². The molecule has 11 rings (SSSR count). The van der Waals surface area contributed by atoms with E-state index < -0.39 is 0 Å². The fraction of sp³-hybridized carbons (Fsp3) is 0. The number of hydrogen-bond donors (Lipinski definition) is 0. The second kappa shape index (κ2) is 12.1. The molecule has 4 aromatic heterocycles. The summed E-state index contributed by atoms with van der Waals surface area (Å²) in [6, 6.07) is 61.3. The third kappa shape index (κ3) is 4.74. The van der Waals surface area contributed by atoms with Crippen molar-refractivity contribution in [3.63, 3.8) is 0 Å². The molecule has 0 radical (unpaired) electrons. The Hall–Kier alpha value is -7.44. The summed E-state index contributed by atoms with van der Waals surface area (Å²) in [4.78, 5) is 20.2. The number of para-hydroxylation sites is 2. The van der Waals surface area contributed by atoms with E-state index in [4.69, 9.17) is 19.9 Å². The SMILES string of the molecule is c1ccc(-c2nc(-c3ccccc3)nc(-n3c4ccccc4c4cc(-c5ccc6c(c5)c5c7ccccc7cnc5n6-c5ccccc5)ccc43)n2)cc1. The molecule has 54 heavy (non-hydrogen) atoms. The van der Waals surface area contributed by atoms with Crippen molar-refractivity contribution in [2.75, 3.05) is 0 Å². The summed E-state index contributed by atoms with van der Waals surface area (Å²) in [6.07, 6.45) is 1.98. The number of aromatic nitrogens is 6. The first-order chi connectivity index (χ1) is 26.8. The molecule has 0 aliphatic carbocycles.